The number of carbonyl (C=O) groups is 1. The van der Waals surface area contributed by atoms with Crippen molar-refractivity contribution in [3.63, 3.8) is 0 Å². The minimum Gasteiger partial charge on any atom is -0.396 e. The zero-order valence-corrected chi connectivity index (χ0v) is 11.6. The summed E-state index contributed by atoms with van der Waals surface area (Å²) >= 11 is 0. The van der Waals surface area contributed by atoms with Gasteiger partial charge in [-0.2, -0.15) is 13.2 Å². The molecule has 0 saturated heterocycles. The van der Waals surface area contributed by atoms with E-state index < -0.39 is 29.3 Å². The summed E-state index contributed by atoms with van der Waals surface area (Å²) < 4.78 is 53.1. The van der Waals surface area contributed by atoms with Crippen molar-refractivity contribution in [2.75, 3.05) is 13.2 Å². The van der Waals surface area contributed by atoms with Gasteiger partial charge in [0.15, 0.2) is 11.4 Å². The summed E-state index contributed by atoms with van der Waals surface area (Å²) in [6.45, 7) is -0.218. The average molecular weight is 332 g/mol. The van der Waals surface area contributed by atoms with Crippen LogP contribution in [0.15, 0.2) is 24.3 Å². The number of aromatic nitrogens is 3. The van der Waals surface area contributed by atoms with E-state index in [-0.39, 0.29) is 25.3 Å². The number of amides is 1. The number of carbonyl (C=O) groups excluding carboxylic acids is 1. The summed E-state index contributed by atoms with van der Waals surface area (Å²) in [7, 11) is 0. The highest BCUT2D eigenvalue weighted by Crippen LogP contribution is 2.32. The van der Waals surface area contributed by atoms with Crippen molar-refractivity contribution in [3.05, 3.63) is 41.5 Å². The van der Waals surface area contributed by atoms with Gasteiger partial charge in [0.25, 0.3) is 5.91 Å². The Morgan fingerprint density at radius 2 is 1.91 bits per heavy atom. The molecular weight excluding hydrogens is 320 g/mol. The molecule has 10 heteroatoms. The van der Waals surface area contributed by atoms with E-state index in [1.165, 1.54) is 0 Å². The Kier molecular flexibility index (Phi) is 4.94. The highest BCUT2D eigenvalue weighted by Gasteiger charge is 2.41. The number of aliphatic hydroxyl groups is 1. The molecule has 6 nitrogen and oxygen atoms in total. The first-order valence-electron chi connectivity index (χ1n) is 6.52. The third-order valence-electron chi connectivity index (χ3n) is 2.85. The lowest BCUT2D eigenvalue weighted by atomic mass is 10.2. The predicted octanol–water partition coefficient (Wildman–Crippen LogP) is 1.54. The minimum atomic E-state index is -4.89. The standard InChI is InChI=1S/C13H12F4N4O2/c14-8-2-4-9(5-3-8)21-11(13(15,16)17)10(19-20-21)12(23)18-6-1-7-22/h2-5,22H,1,6-7H2,(H,18,23). The number of nitrogens with zero attached hydrogens (tertiary/aromatic N) is 3. The smallest absolute Gasteiger partial charge is 0.396 e. The molecule has 124 valence electrons. The molecule has 2 rings (SSSR count). The fourth-order valence-electron chi connectivity index (χ4n) is 1.82. The van der Waals surface area contributed by atoms with Crippen LogP contribution < -0.4 is 5.32 Å². The molecule has 0 aliphatic rings. The summed E-state index contributed by atoms with van der Waals surface area (Å²) in [5.74, 6) is -1.68. The third kappa shape index (κ3) is 3.83. The van der Waals surface area contributed by atoms with Gasteiger partial charge in [0, 0.05) is 13.2 Å². The number of rotatable bonds is 5. The molecule has 2 N–H and O–H groups in total. The molecule has 0 aliphatic heterocycles. The quantitative estimate of drug-likeness (QED) is 0.643. The van der Waals surface area contributed by atoms with E-state index in [4.69, 9.17) is 5.11 Å². The molecule has 1 heterocycles. The van der Waals surface area contributed by atoms with E-state index in [9.17, 15) is 22.4 Å². The molecule has 23 heavy (non-hydrogen) atoms. The van der Waals surface area contributed by atoms with Crippen LogP contribution in [0.4, 0.5) is 17.6 Å². The van der Waals surface area contributed by atoms with Gasteiger partial charge in [-0.25, -0.2) is 9.07 Å². The third-order valence-corrected chi connectivity index (χ3v) is 2.85. The van der Waals surface area contributed by atoms with Crippen molar-refractivity contribution < 1.29 is 27.5 Å². The number of hydrogen-bond donors (Lipinski definition) is 2. The molecule has 0 radical (unpaired) electrons. The van der Waals surface area contributed by atoms with E-state index in [1.54, 1.807) is 0 Å². The van der Waals surface area contributed by atoms with Crippen LogP contribution in [0.1, 0.15) is 22.6 Å². The maximum atomic E-state index is 13.3. The molecular formula is C13H12F4N4O2. The molecule has 1 aromatic heterocycles. The van der Waals surface area contributed by atoms with Gasteiger partial charge in [-0.1, -0.05) is 5.21 Å². The van der Waals surface area contributed by atoms with Crippen LogP contribution in [0.5, 0.6) is 0 Å². The number of benzene rings is 1. The second-order valence-corrected chi connectivity index (χ2v) is 4.51. The number of hydrogen-bond acceptors (Lipinski definition) is 4. The maximum absolute atomic E-state index is 13.3. The molecule has 1 amide bonds. The largest absolute Gasteiger partial charge is 0.435 e. The number of halogens is 4. The van der Waals surface area contributed by atoms with E-state index in [1.807, 2.05) is 0 Å². The fraction of sp³-hybridized carbons (Fsp3) is 0.308. The van der Waals surface area contributed by atoms with Crippen LogP contribution in [0.3, 0.4) is 0 Å². The van der Waals surface area contributed by atoms with Gasteiger partial charge in [0.05, 0.1) is 5.69 Å². The van der Waals surface area contributed by atoms with Gasteiger partial charge in [0.2, 0.25) is 0 Å². The van der Waals surface area contributed by atoms with Crippen molar-refractivity contribution in [1.29, 1.82) is 0 Å². The van der Waals surface area contributed by atoms with Gasteiger partial charge in [0.1, 0.15) is 5.82 Å². The normalized spacial score (nSPS) is 11.5. The van der Waals surface area contributed by atoms with Gasteiger partial charge in [-0.05, 0) is 30.7 Å². The highest BCUT2D eigenvalue weighted by atomic mass is 19.4. The van der Waals surface area contributed by atoms with Crippen molar-refractivity contribution >= 4 is 5.91 Å². The Balaban J connectivity index is 2.41. The topological polar surface area (TPSA) is 80.0 Å². The van der Waals surface area contributed by atoms with Gasteiger partial charge in [-0.15, -0.1) is 5.10 Å². The lowest BCUT2D eigenvalue weighted by Crippen LogP contribution is -2.28. The molecule has 0 spiro atoms. The molecule has 1 aromatic carbocycles. The molecule has 0 fully saturated rings. The molecule has 0 unspecified atom stereocenters. The van der Waals surface area contributed by atoms with Crippen LogP contribution in [0.2, 0.25) is 0 Å². The van der Waals surface area contributed by atoms with Crippen molar-refractivity contribution in [2.45, 2.75) is 12.6 Å². The van der Waals surface area contributed by atoms with Crippen LogP contribution in [-0.4, -0.2) is 39.2 Å². The van der Waals surface area contributed by atoms with Gasteiger partial charge < -0.3 is 10.4 Å². The SMILES string of the molecule is O=C(NCCCO)c1nnn(-c2ccc(F)cc2)c1C(F)(F)F. The lowest BCUT2D eigenvalue weighted by molar-refractivity contribution is -0.143. The summed E-state index contributed by atoms with van der Waals surface area (Å²) in [5, 5.41) is 17.5. The predicted molar refractivity (Wildman–Crippen MR) is 70.4 cm³/mol. The van der Waals surface area contributed by atoms with Crippen LogP contribution in [0, 0.1) is 5.82 Å². The lowest BCUT2D eigenvalue weighted by Gasteiger charge is -2.11. The minimum absolute atomic E-state index is 0.00393. The first-order valence-corrected chi connectivity index (χ1v) is 6.52. The highest BCUT2D eigenvalue weighted by molar-refractivity contribution is 5.93. The Labute approximate surface area is 127 Å². The molecule has 2 aromatic rings. The van der Waals surface area contributed by atoms with Gasteiger partial charge in [-0.3, -0.25) is 4.79 Å². The maximum Gasteiger partial charge on any atom is 0.435 e. The molecule has 0 saturated carbocycles. The Morgan fingerprint density at radius 3 is 2.48 bits per heavy atom. The summed E-state index contributed by atoms with van der Waals surface area (Å²) in [4.78, 5) is 11.8. The first kappa shape index (κ1) is 16.9. The Hall–Kier alpha value is -2.49. The van der Waals surface area contributed by atoms with E-state index >= 15 is 0 Å². The molecule has 0 bridgehead atoms. The molecule has 0 atom stereocenters. The summed E-state index contributed by atoms with van der Waals surface area (Å²) in [5.41, 5.74) is -2.33. The van der Waals surface area contributed by atoms with Gasteiger partial charge >= 0.3 is 6.18 Å². The fourth-order valence-corrected chi connectivity index (χ4v) is 1.82. The number of nitrogens with one attached hydrogen (secondary N) is 1. The van der Waals surface area contributed by atoms with E-state index in [0.29, 0.717) is 4.68 Å². The first-order chi connectivity index (χ1) is 10.8. The second-order valence-electron chi connectivity index (χ2n) is 4.51. The molecule has 0 aliphatic carbocycles. The van der Waals surface area contributed by atoms with Crippen LogP contribution in [-0.2, 0) is 6.18 Å². The second kappa shape index (κ2) is 6.73. The summed E-state index contributed by atoms with van der Waals surface area (Å²) in [6, 6.07) is 4.12. The number of aliphatic hydroxyl groups excluding tert-OH is 1. The number of alkyl halides is 3. The monoisotopic (exact) mass is 332 g/mol. The van der Waals surface area contributed by atoms with E-state index in [2.05, 4.69) is 15.6 Å². The average Bonchev–Trinajstić information content (AvgIpc) is 2.93. The summed E-state index contributed by atoms with van der Waals surface area (Å²) in [6.07, 6.45) is -4.69. The zero-order chi connectivity index (χ0) is 17.0. The van der Waals surface area contributed by atoms with Crippen LogP contribution in [0.25, 0.3) is 5.69 Å². The van der Waals surface area contributed by atoms with Crippen molar-refractivity contribution in [3.8, 4) is 5.69 Å². The van der Waals surface area contributed by atoms with E-state index in [0.717, 1.165) is 24.3 Å². The Morgan fingerprint density at radius 1 is 1.26 bits per heavy atom. The van der Waals surface area contributed by atoms with Crippen molar-refractivity contribution in [2.24, 2.45) is 0 Å². The van der Waals surface area contributed by atoms with Crippen LogP contribution >= 0.6 is 0 Å². The zero-order valence-electron chi connectivity index (χ0n) is 11.6. The van der Waals surface area contributed by atoms with Crippen molar-refractivity contribution in [1.82, 2.24) is 20.3 Å². The Bertz CT molecular complexity index is 682.